The number of nitrogens with zero attached hydrogens (tertiary/aromatic N) is 1. The van der Waals surface area contributed by atoms with Gasteiger partial charge in [-0.3, -0.25) is 0 Å². The second-order valence-electron chi connectivity index (χ2n) is 4.48. The molecule has 0 bridgehead atoms. The molecule has 0 amide bonds. The fourth-order valence-corrected chi connectivity index (χ4v) is 4.95. The quantitative estimate of drug-likeness (QED) is 0.846. The van der Waals surface area contributed by atoms with Crippen molar-refractivity contribution in [3.05, 3.63) is 18.2 Å². The predicted molar refractivity (Wildman–Crippen MR) is 80.7 cm³/mol. The molecule has 0 aromatic heterocycles. The molecule has 1 unspecified atom stereocenters. The Morgan fingerprint density at radius 2 is 2.21 bits per heavy atom. The largest absolute Gasteiger partial charge is 0.495 e. The van der Waals surface area contributed by atoms with Gasteiger partial charge in [-0.15, -0.1) is 0 Å². The van der Waals surface area contributed by atoms with Gasteiger partial charge in [0, 0.05) is 36.1 Å². The van der Waals surface area contributed by atoms with Crippen LogP contribution in [0.3, 0.4) is 0 Å². The first-order valence-electron chi connectivity index (χ1n) is 5.90. The molecule has 0 radical (unpaired) electrons. The number of nitrogen functional groups attached to an aromatic ring is 1. The Labute approximate surface area is 118 Å². The Kier molecular flexibility index (Phi) is 4.15. The minimum atomic E-state index is -3.12. The van der Waals surface area contributed by atoms with Crippen LogP contribution in [0.15, 0.2) is 18.2 Å². The molecule has 0 spiro atoms. The van der Waals surface area contributed by atoms with Crippen molar-refractivity contribution in [2.75, 3.05) is 42.0 Å². The van der Waals surface area contributed by atoms with Crippen molar-refractivity contribution in [3.63, 3.8) is 0 Å². The summed E-state index contributed by atoms with van der Waals surface area (Å²) in [5.41, 5.74) is 7.17. The zero-order valence-electron chi connectivity index (χ0n) is 11.0. The molecule has 19 heavy (non-hydrogen) atoms. The number of anilines is 2. The van der Waals surface area contributed by atoms with E-state index in [2.05, 4.69) is 0 Å². The van der Waals surface area contributed by atoms with Gasteiger partial charge in [0.25, 0.3) is 0 Å². The van der Waals surface area contributed by atoms with Gasteiger partial charge in [-0.1, -0.05) is 0 Å². The van der Waals surface area contributed by atoms with E-state index in [0.29, 0.717) is 23.7 Å². The van der Waals surface area contributed by atoms with E-state index in [9.17, 15) is 8.42 Å². The van der Waals surface area contributed by atoms with Gasteiger partial charge in [-0.05, 0) is 12.1 Å². The Balaban J connectivity index is 2.38. The molecule has 106 valence electrons. The number of methoxy groups -OCH3 is 1. The fourth-order valence-electron chi connectivity index (χ4n) is 2.11. The highest BCUT2D eigenvalue weighted by molar-refractivity contribution is 8.01. The molecule has 1 saturated heterocycles. The monoisotopic (exact) mass is 302 g/mol. The molecule has 0 saturated carbocycles. The van der Waals surface area contributed by atoms with E-state index in [1.807, 2.05) is 11.0 Å². The number of hydrogen-bond donors (Lipinski definition) is 1. The van der Waals surface area contributed by atoms with Gasteiger partial charge in [-0.25, -0.2) is 8.42 Å². The maximum atomic E-state index is 11.9. The first-order valence-corrected chi connectivity index (χ1v) is 9.01. The highest BCUT2D eigenvalue weighted by Gasteiger charge is 2.31. The highest BCUT2D eigenvalue weighted by Crippen LogP contribution is 2.32. The minimum Gasteiger partial charge on any atom is -0.495 e. The van der Waals surface area contributed by atoms with Crippen molar-refractivity contribution in [2.24, 2.45) is 0 Å². The van der Waals surface area contributed by atoms with Gasteiger partial charge in [0.2, 0.25) is 0 Å². The maximum absolute atomic E-state index is 11.9. The number of rotatable bonds is 3. The summed E-state index contributed by atoms with van der Waals surface area (Å²) in [7, 11) is -1.57. The molecule has 1 heterocycles. The van der Waals surface area contributed by atoms with E-state index in [4.69, 9.17) is 10.5 Å². The Bertz CT molecular complexity index is 560. The number of nitrogens with two attached hydrogens (primary N) is 1. The third-order valence-electron chi connectivity index (χ3n) is 3.13. The zero-order valence-corrected chi connectivity index (χ0v) is 12.6. The third-order valence-corrected chi connectivity index (χ3v) is 5.77. The van der Waals surface area contributed by atoms with Crippen molar-refractivity contribution >= 4 is 33.0 Å². The Hall–Kier alpha value is -1.08. The number of thioether (sulfide) groups is 1. The molecule has 1 aromatic rings. The molecule has 1 atom stereocenters. The van der Waals surface area contributed by atoms with Crippen LogP contribution in [0, 0.1) is 0 Å². The van der Waals surface area contributed by atoms with Crippen molar-refractivity contribution in [1.82, 2.24) is 0 Å². The molecule has 2 rings (SSSR count). The van der Waals surface area contributed by atoms with Crippen molar-refractivity contribution < 1.29 is 13.2 Å². The van der Waals surface area contributed by atoms with Crippen LogP contribution >= 0.6 is 11.8 Å². The molecule has 5 nitrogen and oxygen atoms in total. The average Bonchev–Trinajstić information content (AvgIpc) is 2.38. The lowest BCUT2D eigenvalue weighted by Gasteiger charge is -2.36. The first kappa shape index (κ1) is 14.3. The van der Waals surface area contributed by atoms with Gasteiger partial charge in [0.15, 0.2) is 9.84 Å². The summed E-state index contributed by atoms with van der Waals surface area (Å²) in [4.78, 5) is 1.91. The van der Waals surface area contributed by atoms with Crippen molar-refractivity contribution in [1.29, 1.82) is 0 Å². The van der Waals surface area contributed by atoms with Crippen LogP contribution in [0.4, 0.5) is 11.4 Å². The second-order valence-corrected chi connectivity index (χ2v) is 7.83. The average molecular weight is 302 g/mol. The van der Waals surface area contributed by atoms with E-state index < -0.39 is 15.2 Å². The number of ether oxygens (including phenoxy) is 1. The fraction of sp³-hybridized carbons (Fsp3) is 0.500. The van der Waals surface area contributed by atoms with Crippen LogP contribution in [-0.4, -0.2) is 45.2 Å². The topological polar surface area (TPSA) is 72.6 Å². The molecule has 1 aliphatic rings. The summed E-state index contributed by atoms with van der Waals surface area (Å²) in [6, 6.07) is 5.38. The molecular formula is C12H18N2O3S2. The van der Waals surface area contributed by atoms with Gasteiger partial charge in [0.1, 0.15) is 11.1 Å². The molecular weight excluding hydrogens is 284 g/mol. The normalized spacial score (nSPS) is 20.3. The van der Waals surface area contributed by atoms with Crippen LogP contribution < -0.4 is 15.4 Å². The lowest BCUT2D eigenvalue weighted by atomic mass is 10.2. The maximum Gasteiger partial charge on any atom is 0.169 e. The Morgan fingerprint density at radius 3 is 2.84 bits per heavy atom. The molecule has 1 fully saturated rings. The summed E-state index contributed by atoms with van der Waals surface area (Å²) >= 11 is 1.66. The SMILES string of the molecule is COc1cc(N2CCSCC2S(C)(=O)=O)ccc1N. The smallest absolute Gasteiger partial charge is 0.169 e. The van der Waals surface area contributed by atoms with Crippen LogP contribution in [0.25, 0.3) is 0 Å². The standard InChI is InChI=1S/C12H18N2O3S2/c1-17-11-7-9(3-4-10(11)13)14-5-6-18-8-12(14)19(2,15)16/h3-4,7,12H,5-6,8,13H2,1-2H3. The van der Waals surface area contributed by atoms with Gasteiger partial charge in [-0.2, -0.15) is 11.8 Å². The van der Waals surface area contributed by atoms with Gasteiger partial charge < -0.3 is 15.4 Å². The zero-order chi connectivity index (χ0) is 14.0. The number of sulfone groups is 1. The first-order chi connectivity index (χ1) is 8.93. The van der Waals surface area contributed by atoms with Gasteiger partial charge in [0.05, 0.1) is 12.8 Å². The summed E-state index contributed by atoms with van der Waals surface area (Å²) in [6.45, 7) is 0.704. The molecule has 0 aliphatic carbocycles. The van der Waals surface area contributed by atoms with Crippen molar-refractivity contribution in [3.8, 4) is 5.75 Å². The molecule has 7 heteroatoms. The van der Waals surface area contributed by atoms with Crippen LogP contribution in [0.2, 0.25) is 0 Å². The molecule has 1 aromatic carbocycles. The van der Waals surface area contributed by atoms with Crippen molar-refractivity contribution in [2.45, 2.75) is 5.37 Å². The van der Waals surface area contributed by atoms with Crippen LogP contribution in [-0.2, 0) is 9.84 Å². The molecule has 2 N–H and O–H groups in total. The summed E-state index contributed by atoms with van der Waals surface area (Å²) < 4.78 is 29.0. The predicted octanol–water partition coefficient (Wildman–Crippen LogP) is 1.20. The van der Waals surface area contributed by atoms with Crippen LogP contribution in [0.5, 0.6) is 5.75 Å². The van der Waals surface area contributed by atoms with E-state index in [1.54, 1.807) is 31.0 Å². The third kappa shape index (κ3) is 3.09. The van der Waals surface area contributed by atoms with E-state index in [-0.39, 0.29) is 0 Å². The minimum absolute atomic E-state index is 0.486. The number of benzene rings is 1. The second kappa shape index (κ2) is 5.50. The highest BCUT2D eigenvalue weighted by atomic mass is 32.2. The van der Waals surface area contributed by atoms with E-state index in [0.717, 1.165) is 11.4 Å². The van der Waals surface area contributed by atoms with E-state index >= 15 is 0 Å². The summed E-state index contributed by atoms with van der Waals surface area (Å²) in [6.07, 6.45) is 1.28. The molecule has 1 aliphatic heterocycles. The lowest BCUT2D eigenvalue weighted by Crippen LogP contribution is -2.47. The van der Waals surface area contributed by atoms with E-state index in [1.165, 1.54) is 6.26 Å². The Morgan fingerprint density at radius 1 is 1.47 bits per heavy atom. The summed E-state index contributed by atoms with van der Waals surface area (Å²) in [5.74, 6) is 2.08. The lowest BCUT2D eigenvalue weighted by molar-refractivity contribution is 0.417. The summed E-state index contributed by atoms with van der Waals surface area (Å²) in [5, 5.41) is -0.486. The number of hydrogen-bond acceptors (Lipinski definition) is 6. The van der Waals surface area contributed by atoms with Crippen LogP contribution in [0.1, 0.15) is 0 Å². The van der Waals surface area contributed by atoms with Gasteiger partial charge >= 0.3 is 0 Å².